The van der Waals surface area contributed by atoms with Gasteiger partial charge < -0.3 is 10.4 Å². The van der Waals surface area contributed by atoms with E-state index in [4.69, 9.17) is 0 Å². The Labute approximate surface area is 108 Å². The van der Waals surface area contributed by atoms with Gasteiger partial charge in [-0.15, -0.1) is 0 Å². The summed E-state index contributed by atoms with van der Waals surface area (Å²) < 4.78 is 0. The summed E-state index contributed by atoms with van der Waals surface area (Å²) in [6, 6.07) is -0.461. The molecule has 0 spiro atoms. The number of amides is 2. The van der Waals surface area contributed by atoms with Crippen molar-refractivity contribution in [2.45, 2.75) is 44.6 Å². The van der Waals surface area contributed by atoms with Crippen LogP contribution >= 0.6 is 0 Å². The Kier molecular flexibility index (Phi) is 4.95. The van der Waals surface area contributed by atoms with Gasteiger partial charge in [0.2, 0.25) is 0 Å². The Hall–Kier alpha value is -1.30. The van der Waals surface area contributed by atoms with Crippen LogP contribution in [-0.2, 0) is 4.79 Å². The van der Waals surface area contributed by atoms with Gasteiger partial charge in [-0.1, -0.05) is 13.3 Å². The number of carboxylic acids is 1. The van der Waals surface area contributed by atoms with Crippen LogP contribution in [0.2, 0.25) is 0 Å². The first kappa shape index (κ1) is 14.8. The second-order valence-corrected chi connectivity index (χ2v) is 5.20. The fraction of sp³-hybridized carbons (Fsp3) is 0.833. The quantitative estimate of drug-likeness (QED) is 0.661. The van der Waals surface area contributed by atoms with Crippen molar-refractivity contribution in [2.75, 3.05) is 14.1 Å². The molecule has 0 saturated heterocycles. The van der Waals surface area contributed by atoms with E-state index in [1.165, 1.54) is 5.01 Å². The third kappa shape index (κ3) is 3.60. The summed E-state index contributed by atoms with van der Waals surface area (Å²) in [6.07, 6.45) is 3.78. The van der Waals surface area contributed by atoms with E-state index in [1.54, 1.807) is 14.1 Å². The zero-order valence-corrected chi connectivity index (χ0v) is 11.3. The summed E-state index contributed by atoms with van der Waals surface area (Å²) in [5.41, 5.74) is 1.41. The van der Waals surface area contributed by atoms with Crippen LogP contribution in [0, 0.1) is 5.92 Å². The van der Waals surface area contributed by atoms with Crippen molar-refractivity contribution in [3.8, 4) is 0 Å². The van der Waals surface area contributed by atoms with Gasteiger partial charge in [0.1, 0.15) is 5.54 Å². The average molecular weight is 257 g/mol. The minimum absolute atomic E-state index is 0.461. The highest BCUT2D eigenvalue weighted by atomic mass is 16.4. The van der Waals surface area contributed by atoms with E-state index in [0.717, 1.165) is 19.3 Å². The van der Waals surface area contributed by atoms with Crippen LogP contribution in [0.1, 0.15) is 39.0 Å². The first-order valence-corrected chi connectivity index (χ1v) is 6.39. The van der Waals surface area contributed by atoms with Gasteiger partial charge in [0, 0.05) is 14.1 Å². The molecule has 0 aliphatic heterocycles. The molecule has 0 heterocycles. The topological polar surface area (TPSA) is 81.7 Å². The Morgan fingerprint density at radius 3 is 2.28 bits per heavy atom. The zero-order valence-electron chi connectivity index (χ0n) is 11.3. The van der Waals surface area contributed by atoms with Gasteiger partial charge in [-0.2, -0.15) is 0 Å². The van der Waals surface area contributed by atoms with Crippen molar-refractivity contribution in [1.29, 1.82) is 0 Å². The maximum atomic E-state index is 11.7. The molecule has 6 nitrogen and oxygen atoms in total. The minimum Gasteiger partial charge on any atom is -0.480 e. The largest absolute Gasteiger partial charge is 0.480 e. The molecule has 1 aliphatic carbocycles. The number of carbonyl (C=O) groups is 2. The number of carbonyl (C=O) groups excluding carboxylic acids is 1. The van der Waals surface area contributed by atoms with Crippen LogP contribution in [-0.4, -0.2) is 41.8 Å². The van der Waals surface area contributed by atoms with E-state index >= 15 is 0 Å². The average Bonchev–Trinajstić information content (AvgIpc) is 2.28. The molecule has 6 heteroatoms. The van der Waals surface area contributed by atoms with Gasteiger partial charge in [0.05, 0.1) is 0 Å². The Bertz CT molecular complexity index is 310. The predicted octanol–water partition coefficient (Wildman–Crippen LogP) is 1.19. The highest BCUT2D eigenvalue weighted by Crippen LogP contribution is 2.33. The summed E-state index contributed by atoms with van der Waals surface area (Å²) in [5, 5.41) is 13.5. The number of nitrogens with zero attached hydrogens (tertiary/aromatic N) is 1. The number of hydrazine groups is 1. The van der Waals surface area contributed by atoms with Gasteiger partial charge >= 0.3 is 12.0 Å². The standard InChI is InChI=1S/C12H23N3O3/c1-4-9-5-7-12(8-6-9,10(16)17)13-11(18)14-15(2)3/h9H,4-8H2,1-3H3,(H,16,17)(H2,13,14,18). The number of urea groups is 1. The number of aliphatic carboxylic acids is 1. The molecule has 18 heavy (non-hydrogen) atoms. The van der Waals surface area contributed by atoms with Gasteiger partial charge in [0.25, 0.3) is 0 Å². The number of hydrogen-bond donors (Lipinski definition) is 3. The van der Waals surface area contributed by atoms with Crippen LogP contribution in [0.15, 0.2) is 0 Å². The summed E-state index contributed by atoms with van der Waals surface area (Å²) >= 11 is 0. The number of rotatable bonds is 4. The lowest BCUT2D eigenvalue weighted by Crippen LogP contribution is -2.60. The lowest BCUT2D eigenvalue weighted by Gasteiger charge is -2.37. The first-order chi connectivity index (χ1) is 8.39. The molecule has 1 saturated carbocycles. The molecule has 3 N–H and O–H groups in total. The molecule has 2 amide bonds. The molecule has 1 fully saturated rings. The van der Waals surface area contributed by atoms with Crippen molar-refractivity contribution in [2.24, 2.45) is 5.92 Å². The zero-order chi connectivity index (χ0) is 13.8. The van der Waals surface area contributed by atoms with Crippen LogP contribution in [0.4, 0.5) is 4.79 Å². The van der Waals surface area contributed by atoms with Gasteiger partial charge in [-0.25, -0.2) is 14.6 Å². The molecular formula is C12H23N3O3. The summed E-state index contributed by atoms with van der Waals surface area (Å²) in [5.74, 6) is -0.359. The molecular weight excluding hydrogens is 234 g/mol. The van der Waals surface area contributed by atoms with E-state index in [9.17, 15) is 14.7 Å². The SMILES string of the molecule is CCC1CCC(NC(=O)NN(C)C)(C(=O)O)CC1. The first-order valence-electron chi connectivity index (χ1n) is 6.39. The third-order valence-electron chi connectivity index (χ3n) is 3.62. The monoisotopic (exact) mass is 257 g/mol. The van der Waals surface area contributed by atoms with E-state index < -0.39 is 17.5 Å². The highest BCUT2D eigenvalue weighted by molar-refractivity contribution is 5.86. The maximum absolute atomic E-state index is 11.7. The van der Waals surface area contributed by atoms with Crippen molar-refractivity contribution in [3.63, 3.8) is 0 Å². The molecule has 0 bridgehead atoms. The predicted molar refractivity (Wildman–Crippen MR) is 68.0 cm³/mol. The Morgan fingerprint density at radius 2 is 1.89 bits per heavy atom. The van der Waals surface area contributed by atoms with E-state index in [2.05, 4.69) is 17.7 Å². The van der Waals surface area contributed by atoms with E-state index in [0.29, 0.717) is 18.8 Å². The molecule has 0 unspecified atom stereocenters. The van der Waals surface area contributed by atoms with Crippen LogP contribution < -0.4 is 10.7 Å². The fourth-order valence-electron chi connectivity index (χ4n) is 2.42. The number of carboxylic acid groups (broad SMARTS) is 1. The van der Waals surface area contributed by atoms with E-state index in [1.807, 2.05) is 0 Å². The van der Waals surface area contributed by atoms with Crippen LogP contribution in [0.25, 0.3) is 0 Å². The smallest absolute Gasteiger partial charge is 0.330 e. The van der Waals surface area contributed by atoms with Crippen LogP contribution in [0.3, 0.4) is 0 Å². The molecule has 0 radical (unpaired) electrons. The molecule has 0 aromatic carbocycles. The van der Waals surface area contributed by atoms with Gasteiger partial charge in [-0.05, 0) is 31.6 Å². The van der Waals surface area contributed by atoms with E-state index in [-0.39, 0.29) is 0 Å². The molecule has 0 atom stereocenters. The van der Waals surface area contributed by atoms with Crippen LogP contribution in [0.5, 0.6) is 0 Å². The summed E-state index contributed by atoms with van der Waals surface area (Å²) in [6.45, 7) is 2.12. The van der Waals surface area contributed by atoms with Gasteiger partial charge in [-0.3, -0.25) is 5.43 Å². The second-order valence-electron chi connectivity index (χ2n) is 5.20. The van der Waals surface area contributed by atoms with Crippen molar-refractivity contribution in [3.05, 3.63) is 0 Å². The number of nitrogens with one attached hydrogen (secondary N) is 2. The summed E-state index contributed by atoms with van der Waals surface area (Å²) in [7, 11) is 3.36. The van der Waals surface area contributed by atoms with Crippen molar-refractivity contribution < 1.29 is 14.7 Å². The maximum Gasteiger partial charge on any atom is 0.330 e. The Morgan fingerprint density at radius 1 is 1.33 bits per heavy atom. The summed E-state index contributed by atoms with van der Waals surface area (Å²) in [4.78, 5) is 23.1. The lowest BCUT2D eigenvalue weighted by atomic mass is 9.75. The van der Waals surface area contributed by atoms with Crippen molar-refractivity contribution >= 4 is 12.0 Å². The lowest BCUT2D eigenvalue weighted by molar-refractivity contribution is -0.146. The van der Waals surface area contributed by atoms with Crippen molar-refractivity contribution in [1.82, 2.24) is 15.8 Å². The molecule has 0 aromatic rings. The highest BCUT2D eigenvalue weighted by Gasteiger charge is 2.43. The Balaban J connectivity index is 2.65. The molecule has 1 aliphatic rings. The second kappa shape index (κ2) is 6.04. The number of hydrogen-bond acceptors (Lipinski definition) is 3. The normalized spacial score (nSPS) is 27.9. The molecule has 104 valence electrons. The fourth-order valence-corrected chi connectivity index (χ4v) is 2.42. The molecule has 1 rings (SSSR count). The van der Waals surface area contributed by atoms with Gasteiger partial charge in [0.15, 0.2) is 0 Å². The molecule has 0 aromatic heterocycles. The third-order valence-corrected chi connectivity index (χ3v) is 3.62. The minimum atomic E-state index is -1.11.